The fourth-order valence-electron chi connectivity index (χ4n) is 2.48. The third-order valence-electron chi connectivity index (χ3n) is 3.94. The van der Waals surface area contributed by atoms with E-state index in [-0.39, 0.29) is 5.75 Å². The number of hydrogen-bond donors (Lipinski definition) is 3. The molecule has 0 aliphatic heterocycles. The zero-order valence-electron chi connectivity index (χ0n) is 14.4. The molecule has 6 nitrogen and oxygen atoms in total. The number of nitrogens with zero attached hydrogens (tertiary/aromatic N) is 1. The van der Waals surface area contributed by atoms with Gasteiger partial charge in [-0.3, -0.25) is 9.59 Å². The van der Waals surface area contributed by atoms with Crippen LogP contribution in [0.4, 0.5) is 5.69 Å². The largest absolute Gasteiger partial charge is 0.507 e. The molecular formula is C20H16ClN3O3. The van der Waals surface area contributed by atoms with Crippen molar-refractivity contribution in [2.45, 2.75) is 6.92 Å². The first-order valence-corrected chi connectivity index (χ1v) is 8.45. The van der Waals surface area contributed by atoms with Crippen LogP contribution in [0.15, 0.2) is 59.7 Å². The molecule has 0 spiro atoms. The Balaban J connectivity index is 1.69. The van der Waals surface area contributed by atoms with Crippen molar-refractivity contribution in [1.29, 1.82) is 0 Å². The molecule has 2 amide bonds. The number of nitrogens with one attached hydrogen (secondary N) is 2. The van der Waals surface area contributed by atoms with Gasteiger partial charge in [0.05, 0.1) is 6.21 Å². The Kier molecular flexibility index (Phi) is 5.38. The zero-order valence-corrected chi connectivity index (χ0v) is 15.1. The predicted octanol–water partition coefficient (Wildman–Crippen LogP) is 3.60. The van der Waals surface area contributed by atoms with Gasteiger partial charge >= 0.3 is 11.8 Å². The minimum atomic E-state index is -0.942. The molecule has 27 heavy (non-hydrogen) atoms. The number of benzene rings is 3. The molecule has 0 fully saturated rings. The lowest BCUT2D eigenvalue weighted by Crippen LogP contribution is -2.32. The second-order valence-electron chi connectivity index (χ2n) is 5.84. The van der Waals surface area contributed by atoms with Crippen LogP contribution in [0, 0.1) is 6.92 Å². The maximum absolute atomic E-state index is 11.9. The van der Waals surface area contributed by atoms with Crippen LogP contribution in [0.5, 0.6) is 5.75 Å². The summed E-state index contributed by atoms with van der Waals surface area (Å²) in [5, 5.41) is 18.4. The van der Waals surface area contributed by atoms with Crippen molar-refractivity contribution in [2.75, 3.05) is 5.32 Å². The molecule has 0 aliphatic rings. The van der Waals surface area contributed by atoms with Gasteiger partial charge in [-0.2, -0.15) is 5.10 Å². The van der Waals surface area contributed by atoms with Crippen LogP contribution in [0.1, 0.15) is 11.1 Å². The summed E-state index contributed by atoms with van der Waals surface area (Å²) in [4.78, 5) is 23.8. The SMILES string of the molecule is Cc1ccc(NC(=O)C(=O)NN=Cc2c(O)ccc3ccccc23)cc1Cl. The van der Waals surface area contributed by atoms with Crippen LogP contribution in [0.25, 0.3) is 10.8 Å². The zero-order chi connectivity index (χ0) is 19.4. The minimum absolute atomic E-state index is 0.0189. The summed E-state index contributed by atoms with van der Waals surface area (Å²) in [7, 11) is 0. The van der Waals surface area contributed by atoms with Gasteiger partial charge in [0.15, 0.2) is 0 Å². The fraction of sp³-hybridized carbons (Fsp3) is 0.0500. The van der Waals surface area contributed by atoms with Gasteiger partial charge in [0.25, 0.3) is 0 Å². The molecule has 3 aromatic rings. The number of hydrogen-bond acceptors (Lipinski definition) is 4. The standard InChI is InChI=1S/C20H16ClN3O3/c1-12-6-8-14(10-17(12)21)23-19(26)20(27)24-22-11-16-15-5-3-2-4-13(15)7-9-18(16)25/h2-11,25H,1H3,(H,23,26)(H,24,27). The molecule has 0 aromatic heterocycles. The van der Waals surface area contributed by atoms with E-state index in [0.29, 0.717) is 16.3 Å². The molecule has 0 heterocycles. The molecule has 136 valence electrons. The van der Waals surface area contributed by atoms with Crippen molar-refractivity contribution in [3.63, 3.8) is 0 Å². The number of carbonyl (C=O) groups excluding carboxylic acids is 2. The number of rotatable bonds is 3. The maximum Gasteiger partial charge on any atom is 0.329 e. The molecule has 0 atom stereocenters. The number of aromatic hydroxyl groups is 1. The third-order valence-corrected chi connectivity index (χ3v) is 4.35. The van der Waals surface area contributed by atoms with Gasteiger partial charge in [-0.05, 0) is 41.5 Å². The monoisotopic (exact) mass is 381 g/mol. The number of aryl methyl sites for hydroxylation is 1. The van der Waals surface area contributed by atoms with Crippen molar-refractivity contribution >= 4 is 46.1 Å². The Hall–Kier alpha value is -3.38. The molecule has 3 rings (SSSR count). The van der Waals surface area contributed by atoms with E-state index in [0.717, 1.165) is 16.3 Å². The number of amides is 2. The Morgan fingerprint density at radius 2 is 1.85 bits per heavy atom. The van der Waals surface area contributed by atoms with E-state index in [1.165, 1.54) is 6.21 Å². The molecule has 3 aromatic carbocycles. The number of carbonyl (C=O) groups is 2. The van der Waals surface area contributed by atoms with Crippen molar-refractivity contribution in [2.24, 2.45) is 5.10 Å². The summed E-state index contributed by atoms with van der Waals surface area (Å²) in [5.74, 6) is -1.80. The van der Waals surface area contributed by atoms with E-state index in [9.17, 15) is 14.7 Å². The maximum atomic E-state index is 11.9. The van der Waals surface area contributed by atoms with E-state index in [1.807, 2.05) is 31.2 Å². The number of hydrazone groups is 1. The molecule has 0 unspecified atom stereocenters. The van der Waals surface area contributed by atoms with Crippen LogP contribution in [-0.4, -0.2) is 23.1 Å². The topological polar surface area (TPSA) is 90.8 Å². The quantitative estimate of drug-likeness (QED) is 0.368. The van der Waals surface area contributed by atoms with Crippen molar-refractivity contribution in [3.8, 4) is 5.75 Å². The summed E-state index contributed by atoms with van der Waals surface area (Å²) in [6, 6.07) is 15.7. The van der Waals surface area contributed by atoms with Crippen LogP contribution in [-0.2, 0) is 9.59 Å². The first kappa shape index (κ1) is 18.4. The van der Waals surface area contributed by atoms with E-state index >= 15 is 0 Å². The van der Waals surface area contributed by atoms with Crippen LogP contribution >= 0.6 is 11.6 Å². The van der Waals surface area contributed by atoms with Crippen molar-refractivity contribution in [3.05, 3.63) is 70.7 Å². The molecule has 0 saturated carbocycles. The normalized spacial score (nSPS) is 10.9. The lowest BCUT2D eigenvalue weighted by molar-refractivity contribution is -0.136. The van der Waals surface area contributed by atoms with Gasteiger partial charge < -0.3 is 10.4 Å². The summed E-state index contributed by atoms with van der Waals surface area (Å²) in [6.07, 6.45) is 1.30. The third kappa shape index (κ3) is 4.24. The smallest absolute Gasteiger partial charge is 0.329 e. The molecule has 0 radical (unpaired) electrons. The van der Waals surface area contributed by atoms with Crippen molar-refractivity contribution in [1.82, 2.24) is 5.43 Å². The highest BCUT2D eigenvalue weighted by molar-refractivity contribution is 6.40. The molecule has 7 heteroatoms. The van der Waals surface area contributed by atoms with Gasteiger partial charge in [0.2, 0.25) is 0 Å². The molecule has 0 aliphatic carbocycles. The fourth-order valence-corrected chi connectivity index (χ4v) is 2.67. The number of phenolic OH excluding ortho intramolecular Hbond substituents is 1. The van der Waals surface area contributed by atoms with Crippen LogP contribution < -0.4 is 10.7 Å². The average Bonchev–Trinajstić information content (AvgIpc) is 2.66. The van der Waals surface area contributed by atoms with E-state index in [4.69, 9.17) is 11.6 Å². The highest BCUT2D eigenvalue weighted by Gasteiger charge is 2.13. The van der Waals surface area contributed by atoms with Gasteiger partial charge in [0.1, 0.15) is 5.75 Å². The first-order chi connectivity index (χ1) is 13.0. The second kappa shape index (κ2) is 7.88. The Morgan fingerprint density at radius 3 is 2.63 bits per heavy atom. The Morgan fingerprint density at radius 1 is 1.07 bits per heavy atom. The van der Waals surface area contributed by atoms with Crippen LogP contribution in [0.2, 0.25) is 5.02 Å². The second-order valence-corrected chi connectivity index (χ2v) is 6.24. The molecule has 0 saturated heterocycles. The Labute approximate surface area is 160 Å². The molecule has 0 bridgehead atoms. The van der Waals surface area contributed by atoms with Gasteiger partial charge in [-0.25, -0.2) is 5.43 Å². The number of halogens is 1. The molecule has 3 N–H and O–H groups in total. The van der Waals surface area contributed by atoms with E-state index in [1.54, 1.807) is 30.3 Å². The van der Waals surface area contributed by atoms with E-state index in [2.05, 4.69) is 15.8 Å². The Bertz CT molecular complexity index is 1060. The highest BCUT2D eigenvalue weighted by Crippen LogP contribution is 2.25. The summed E-state index contributed by atoms with van der Waals surface area (Å²) in [6.45, 7) is 1.83. The highest BCUT2D eigenvalue weighted by atomic mass is 35.5. The number of anilines is 1. The summed E-state index contributed by atoms with van der Waals surface area (Å²) >= 11 is 5.99. The van der Waals surface area contributed by atoms with Gasteiger partial charge in [-0.15, -0.1) is 0 Å². The van der Waals surface area contributed by atoms with Crippen LogP contribution in [0.3, 0.4) is 0 Å². The molecular weight excluding hydrogens is 366 g/mol. The number of phenols is 1. The predicted molar refractivity (Wildman–Crippen MR) is 106 cm³/mol. The van der Waals surface area contributed by atoms with E-state index < -0.39 is 11.8 Å². The summed E-state index contributed by atoms with van der Waals surface area (Å²) < 4.78 is 0. The average molecular weight is 382 g/mol. The lowest BCUT2D eigenvalue weighted by atomic mass is 10.0. The lowest BCUT2D eigenvalue weighted by Gasteiger charge is -2.06. The summed E-state index contributed by atoms with van der Waals surface area (Å²) in [5.41, 5.74) is 3.85. The van der Waals surface area contributed by atoms with Crippen molar-refractivity contribution < 1.29 is 14.7 Å². The van der Waals surface area contributed by atoms with Gasteiger partial charge in [-0.1, -0.05) is 48.0 Å². The number of fused-ring (bicyclic) bond motifs is 1. The van der Waals surface area contributed by atoms with Gasteiger partial charge in [0, 0.05) is 16.3 Å². The first-order valence-electron chi connectivity index (χ1n) is 8.07. The minimum Gasteiger partial charge on any atom is -0.507 e.